The summed E-state index contributed by atoms with van der Waals surface area (Å²) in [7, 11) is 0. The molecule has 0 rings (SSSR count). The normalized spacial score (nSPS) is 14.4. The number of nitrogens with one attached hydrogen (secondary N) is 1. The molecule has 0 heterocycles. The summed E-state index contributed by atoms with van der Waals surface area (Å²) >= 11 is 0. The summed E-state index contributed by atoms with van der Waals surface area (Å²) in [6, 6.07) is -0.897. The molecule has 0 aromatic rings. The topological polar surface area (TPSA) is 75.6 Å². The summed E-state index contributed by atoms with van der Waals surface area (Å²) in [5.74, 6) is -1.43. The highest BCUT2D eigenvalue weighted by Gasteiger charge is 2.21. The third-order valence-electron chi connectivity index (χ3n) is 2.46. The molecule has 0 aromatic heterocycles. The summed E-state index contributed by atoms with van der Waals surface area (Å²) in [4.78, 5) is 22.6. The van der Waals surface area contributed by atoms with Gasteiger partial charge in [-0.3, -0.25) is 4.79 Å². The van der Waals surface area contributed by atoms with Crippen LogP contribution in [0.4, 0.5) is 0 Å². The van der Waals surface area contributed by atoms with Crippen LogP contribution in [-0.2, 0) is 14.3 Å². The Bertz CT molecular complexity index is 289. The lowest BCUT2D eigenvalue weighted by Gasteiger charge is -2.17. The number of ether oxygens (including phenoxy) is 1. The SMILES string of the molecule is C/C=C/CC(NC(=O)C(C)OCCCC)C(=O)O. The van der Waals surface area contributed by atoms with Crippen LogP contribution in [0.15, 0.2) is 12.2 Å². The molecule has 0 aliphatic carbocycles. The minimum atomic E-state index is -1.04. The molecule has 2 unspecified atom stereocenters. The van der Waals surface area contributed by atoms with Gasteiger partial charge in [0.25, 0.3) is 0 Å². The van der Waals surface area contributed by atoms with Crippen molar-refractivity contribution in [2.24, 2.45) is 0 Å². The van der Waals surface area contributed by atoms with Crippen molar-refractivity contribution in [2.45, 2.75) is 52.2 Å². The molecule has 0 bridgehead atoms. The lowest BCUT2D eigenvalue weighted by Crippen LogP contribution is -2.45. The summed E-state index contributed by atoms with van der Waals surface area (Å²) in [5.41, 5.74) is 0. The van der Waals surface area contributed by atoms with Crippen LogP contribution in [0.25, 0.3) is 0 Å². The summed E-state index contributed by atoms with van der Waals surface area (Å²) in [6.07, 6.45) is 5.00. The first-order valence-corrected chi connectivity index (χ1v) is 6.28. The molecule has 5 nitrogen and oxygen atoms in total. The van der Waals surface area contributed by atoms with Gasteiger partial charge in [-0.15, -0.1) is 0 Å². The fourth-order valence-electron chi connectivity index (χ4n) is 1.26. The number of hydrogen-bond donors (Lipinski definition) is 2. The Morgan fingerprint density at radius 3 is 2.61 bits per heavy atom. The molecule has 0 fully saturated rings. The average Bonchev–Trinajstić information content (AvgIpc) is 2.33. The van der Waals surface area contributed by atoms with E-state index >= 15 is 0 Å². The van der Waals surface area contributed by atoms with Crippen molar-refractivity contribution in [1.29, 1.82) is 0 Å². The maximum absolute atomic E-state index is 11.7. The van der Waals surface area contributed by atoms with Crippen LogP contribution in [0.1, 0.15) is 40.0 Å². The van der Waals surface area contributed by atoms with E-state index in [4.69, 9.17) is 9.84 Å². The first-order chi connectivity index (χ1) is 8.52. The van der Waals surface area contributed by atoms with Crippen LogP contribution in [0.3, 0.4) is 0 Å². The molecule has 104 valence electrons. The van der Waals surface area contributed by atoms with Crippen molar-refractivity contribution in [2.75, 3.05) is 6.61 Å². The zero-order valence-electron chi connectivity index (χ0n) is 11.3. The number of allylic oxidation sites excluding steroid dienone is 1. The predicted molar refractivity (Wildman–Crippen MR) is 69.3 cm³/mol. The van der Waals surface area contributed by atoms with Crippen LogP contribution >= 0.6 is 0 Å². The summed E-state index contributed by atoms with van der Waals surface area (Å²) < 4.78 is 5.31. The van der Waals surface area contributed by atoms with E-state index in [1.54, 1.807) is 26.0 Å². The quantitative estimate of drug-likeness (QED) is 0.487. The molecule has 5 heteroatoms. The number of carboxylic acids is 1. The maximum atomic E-state index is 11.7. The molecular formula is C13H23NO4. The smallest absolute Gasteiger partial charge is 0.326 e. The third-order valence-corrected chi connectivity index (χ3v) is 2.46. The van der Waals surface area contributed by atoms with Crippen molar-refractivity contribution in [3.63, 3.8) is 0 Å². The lowest BCUT2D eigenvalue weighted by molar-refractivity contribution is -0.144. The van der Waals surface area contributed by atoms with E-state index < -0.39 is 18.1 Å². The molecule has 0 aliphatic heterocycles. The van der Waals surface area contributed by atoms with Gasteiger partial charge in [0.2, 0.25) is 5.91 Å². The second-order valence-corrected chi connectivity index (χ2v) is 4.07. The van der Waals surface area contributed by atoms with Crippen molar-refractivity contribution < 1.29 is 19.4 Å². The molecule has 1 amide bonds. The van der Waals surface area contributed by atoms with E-state index in [-0.39, 0.29) is 12.3 Å². The largest absolute Gasteiger partial charge is 0.480 e. The summed E-state index contributed by atoms with van der Waals surface area (Å²) in [6.45, 7) is 5.97. The molecule has 2 atom stereocenters. The predicted octanol–water partition coefficient (Wildman–Crippen LogP) is 1.73. The van der Waals surface area contributed by atoms with Crippen molar-refractivity contribution in [3.05, 3.63) is 12.2 Å². The molecular weight excluding hydrogens is 234 g/mol. The highest BCUT2D eigenvalue weighted by atomic mass is 16.5. The van der Waals surface area contributed by atoms with Gasteiger partial charge in [-0.05, 0) is 26.7 Å². The number of amides is 1. The highest BCUT2D eigenvalue weighted by molar-refractivity contribution is 5.86. The second-order valence-electron chi connectivity index (χ2n) is 4.07. The molecule has 2 N–H and O–H groups in total. The van der Waals surface area contributed by atoms with E-state index in [1.807, 2.05) is 6.92 Å². The number of aliphatic carboxylic acids is 1. The fourth-order valence-corrected chi connectivity index (χ4v) is 1.26. The minimum Gasteiger partial charge on any atom is -0.480 e. The Kier molecular flexibility index (Phi) is 8.92. The van der Waals surface area contributed by atoms with Gasteiger partial charge in [0, 0.05) is 6.61 Å². The Morgan fingerprint density at radius 2 is 2.11 bits per heavy atom. The van der Waals surface area contributed by atoms with Gasteiger partial charge in [0.05, 0.1) is 0 Å². The number of carboxylic acid groups (broad SMARTS) is 1. The Morgan fingerprint density at radius 1 is 1.44 bits per heavy atom. The molecule has 18 heavy (non-hydrogen) atoms. The highest BCUT2D eigenvalue weighted by Crippen LogP contribution is 1.99. The van der Waals surface area contributed by atoms with Crippen LogP contribution in [-0.4, -0.2) is 35.7 Å². The van der Waals surface area contributed by atoms with Gasteiger partial charge in [-0.2, -0.15) is 0 Å². The van der Waals surface area contributed by atoms with Crippen molar-refractivity contribution >= 4 is 11.9 Å². The molecule has 0 saturated heterocycles. The standard InChI is InChI=1S/C13H23NO4/c1-4-6-8-11(13(16)17)14-12(15)10(3)18-9-7-5-2/h4,6,10-11H,5,7-9H2,1-3H3,(H,14,15)(H,16,17)/b6-4+. The van der Waals surface area contributed by atoms with Gasteiger partial charge in [0.15, 0.2) is 0 Å². The van der Waals surface area contributed by atoms with Gasteiger partial charge >= 0.3 is 5.97 Å². The van der Waals surface area contributed by atoms with E-state index in [1.165, 1.54) is 0 Å². The van der Waals surface area contributed by atoms with Crippen molar-refractivity contribution in [3.8, 4) is 0 Å². The summed E-state index contributed by atoms with van der Waals surface area (Å²) in [5, 5.41) is 11.4. The first kappa shape index (κ1) is 16.6. The second kappa shape index (κ2) is 9.65. The van der Waals surface area contributed by atoms with E-state index in [2.05, 4.69) is 5.32 Å². The van der Waals surface area contributed by atoms with Crippen molar-refractivity contribution in [1.82, 2.24) is 5.32 Å². The third kappa shape index (κ3) is 7.06. The fraction of sp³-hybridized carbons (Fsp3) is 0.692. The van der Waals surface area contributed by atoms with Crippen LogP contribution < -0.4 is 5.32 Å². The van der Waals surface area contributed by atoms with Crippen LogP contribution in [0.2, 0.25) is 0 Å². The van der Waals surface area contributed by atoms with Gasteiger partial charge in [-0.25, -0.2) is 4.79 Å². The minimum absolute atomic E-state index is 0.277. The molecule has 0 aromatic carbocycles. The van der Waals surface area contributed by atoms with E-state index in [0.717, 1.165) is 12.8 Å². The number of carbonyl (C=O) groups is 2. The van der Waals surface area contributed by atoms with E-state index in [0.29, 0.717) is 6.61 Å². The zero-order valence-corrected chi connectivity index (χ0v) is 11.3. The van der Waals surface area contributed by atoms with Gasteiger partial charge in [0.1, 0.15) is 12.1 Å². The Balaban J connectivity index is 4.18. The molecule has 0 aliphatic rings. The maximum Gasteiger partial charge on any atom is 0.326 e. The number of hydrogen-bond acceptors (Lipinski definition) is 3. The zero-order chi connectivity index (χ0) is 14.0. The molecule has 0 radical (unpaired) electrons. The number of carbonyl (C=O) groups excluding carboxylic acids is 1. The average molecular weight is 257 g/mol. The Hall–Kier alpha value is -1.36. The van der Waals surface area contributed by atoms with Crippen LogP contribution in [0, 0.1) is 0 Å². The number of unbranched alkanes of at least 4 members (excludes halogenated alkanes) is 1. The van der Waals surface area contributed by atoms with E-state index in [9.17, 15) is 9.59 Å². The first-order valence-electron chi connectivity index (χ1n) is 6.28. The van der Waals surface area contributed by atoms with Crippen LogP contribution in [0.5, 0.6) is 0 Å². The molecule has 0 saturated carbocycles. The van der Waals surface area contributed by atoms with Gasteiger partial charge < -0.3 is 15.2 Å². The Labute approximate surface area is 108 Å². The van der Waals surface area contributed by atoms with Gasteiger partial charge in [-0.1, -0.05) is 25.5 Å². The molecule has 0 spiro atoms. The lowest BCUT2D eigenvalue weighted by atomic mass is 10.2. The number of rotatable bonds is 9. The monoisotopic (exact) mass is 257 g/mol.